The van der Waals surface area contributed by atoms with Gasteiger partial charge in [0.25, 0.3) is 5.91 Å². The fraction of sp³-hybridized carbons (Fsp3) is 0.308. The summed E-state index contributed by atoms with van der Waals surface area (Å²) in [6.07, 6.45) is -15.3. The maximum Gasteiger partial charge on any atom is 0.417 e. The normalized spacial score (nSPS) is 14.0. The molecule has 0 saturated heterocycles. The molecular formula is C26H18Cl2F10N2O2. The molecule has 0 aromatic heterocycles. The van der Waals surface area contributed by atoms with E-state index in [1.807, 2.05) is 0 Å². The third kappa shape index (κ3) is 9.29. The molecule has 0 fully saturated rings. The monoisotopic (exact) mass is 650 g/mol. The zero-order chi connectivity index (χ0) is 32.2. The minimum absolute atomic E-state index is 0.00497. The van der Waals surface area contributed by atoms with E-state index in [0.717, 1.165) is 19.1 Å². The first kappa shape index (κ1) is 34.8. The molecule has 2 unspecified atom stereocenters. The number of benzene rings is 2. The van der Waals surface area contributed by atoms with Gasteiger partial charge in [-0.1, -0.05) is 35.2 Å². The highest BCUT2D eigenvalue weighted by Crippen LogP contribution is 2.42. The van der Waals surface area contributed by atoms with Crippen LogP contribution in [0.15, 0.2) is 36.4 Å². The summed E-state index contributed by atoms with van der Waals surface area (Å²) in [4.78, 5) is 24.2. The fourth-order valence-electron chi connectivity index (χ4n) is 3.44. The lowest BCUT2D eigenvalue weighted by atomic mass is 9.94. The molecule has 2 aromatic rings. The third-order valence-electron chi connectivity index (χ3n) is 5.38. The molecule has 0 radical (unpaired) electrons. The zero-order valence-corrected chi connectivity index (χ0v) is 22.7. The van der Waals surface area contributed by atoms with Crippen LogP contribution >= 0.6 is 23.2 Å². The van der Waals surface area contributed by atoms with Crippen molar-refractivity contribution in [3.63, 3.8) is 0 Å². The van der Waals surface area contributed by atoms with Crippen LogP contribution in [0.25, 0.3) is 5.83 Å². The molecule has 0 saturated carbocycles. The molecule has 0 bridgehead atoms. The van der Waals surface area contributed by atoms with Crippen LogP contribution in [0, 0.1) is 11.8 Å². The van der Waals surface area contributed by atoms with E-state index in [1.54, 1.807) is 5.32 Å². The second-order valence-electron chi connectivity index (χ2n) is 8.56. The van der Waals surface area contributed by atoms with Crippen molar-refractivity contribution < 1.29 is 53.5 Å². The minimum atomic E-state index is -5.34. The van der Waals surface area contributed by atoms with Crippen LogP contribution in [-0.2, 0) is 11.0 Å². The highest BCUT2D eigenvalue weighted by atomic mass is 35.5. The molecule has 16 heteroatoms. The molecule has 0 aliphatic heterocycles. The topological polar surface area (TPSA) is 58.2 Å². The Bertz CT molecular complexity index is 1440. The number of nitrogens with one attached hydrogen (secondary N) is 2. The van der Waals surface area contributed by atoms with Gasteiger partial charge < -0.3 is 10.6 Å². The van der Waals surface area contributed by atoms with E-state index in [-0.39, 0.29) is 27.8 Å². The van der Waals surface area contributed by atoms with Gasteiger partial charge in [0.05, 0.1) is 21.2 Å². The number of rotatable bonds is 7. The summed E-state index contributed by atoms with van der Waals surface area (Å²) in [5.41, 5.74) is -4.68. The predicted molar refractivity (Wildman–Crippen MR) is 134 cm³/mol. The SMILES string of the molecule is CC#Cc1cc(C(/C=C(\F)c2ccc(C(=O)NC(C)C(=O)NCC(F)(F)F)c(C(F)(F)F)c2)C(F)(F)F)cc(Cl)c1Cl. The van der Waals surface area contributed by atoms with E-state index < -0.39 is 76.9 Å². The summed E-state index contributed by atoms with van der Waals surface area (Å²) in [6.45, 7) is 0.489. The molecule has 0 heterocycles. The summed E-state index contributed by atoms with van der Waals surface area (Å²) in [7, 11) is 0. The van der Waals surface area contributed by atoms with Crippen molar-refractivity contribution in [2.75, 3.05) is 6.54 Å². The summed E-state index contributed by atoms with van der Waals surface area (Å²) < 4.78 is 135. The number of hydrogen-bond donors (Lipinski definition) is 2. The quantitative estimate of drug-likeness (QED) is 0.237. The Kier molecular flexibility index (Phi) is 11.0. The Balaban J connectivity index is 2.50. The van der Waals surface area contributed by atoms with Crippen LogP contribution in [0.4, 0.5) is 43.9 Å². The van der Waals surface area contributed by atoms with Crippen molar-refractivity contribution in [1.82, 2.24) is 10.6 Å². The van der Waals surface area contributed by atoms with Gasteiger partial charge in [-0.3, -0.25) is 9.59 Å². The van der Waals surface area contributed by atoms with Crippen molar-refractivity contribution in [2.24, 2.45) is 0 Å². The number of halogens is 12. The Labute approximate surface area is 242 Å². The van der Waals surface area contributed by atoms with E-state index >= 15 is 4.39 Å². The number of amides is 2. The van der Waals surface area contributed by atoms with Crippen molar-refractivity contribution in [2.45, 2.75) is 44.3 Å². The van der Waals surface area contributed by atoms with Crippen LogP contribution < -0.4 is 10.6 Å². The Morgan fingerprint density at radius 3 is 2.14 bits per heavy atom. The molecule has 42 heavy (non-hydrogen) atoms. The molecule has 0 spiro atoms. The largest absolute Gasteiger partial charge is 0.417 e. The smallest absolute Gasteiger partial charge is 0.345 e. The second kappa shape index (κ2) is 13.2. The van der Waals surface area contributed by atoms with E-state index in [0.29, 0.717) is 12.1 Å². The molecule has 228 valence electrons. The highest BCUT2D eigenvalue weighted by Gasteiger charge is 2.41. The van der Waals surface area contributed by atoms with Crippen LogP contribution in [0.3, 0.4) is 0 Å². The summed E-state index contributed by atoms with van der Waals surface area (Å²) in [6, 6.07) is 1.07. The van der Waals surface area contributed by atoms with Gasteiger partial charge in [-0.15, -0.1) is 5.92 Å². The van der Waals surface area contributed by atoms with Gasteiger partial charge in [0.1, 0.15) is 24.3 Å². The Morgan fingerprint density at radius 2 is 1.62 bits per heavy atom. The third-order valence-corrected chi connectivity index (χ3v) is 6.19. The van der Waals surface area contributed by atoms with Crippen LogP contribution in [-0.4, -0.2) is 36.8 Å². The zero-order valence-electron chi connectivity index (χ0n) is 21.2. The second-order valence-corrected chi connectivity index (χ2v) is 9.34. The average Bonchev–Trinajstić information content (AvgIpc) is 2.86. The molecule has 2 rings (SSSR count). The first-order valence-electron chi connectivity index (χ1n) is 11.4. The summed E-state index contributed by atoms with van der Waals surface area (Å²) >= 11 is 11.8. The van der Waals surface area contributed by atoms with Gasteiger partial charge in [-0.2, -0.15) is 39.5 Å². The average molecular weight is 651 g/mol. The lowest BCUT2D eigenvalue weighted by Gasteiger charge is -2.20. The maximum absolute atomic E-state index is 15.1. The van der Waals surface area contributed by atoms with Crippen LogP contribution in [0.1, 0.15) is 52.4 Å². The number of allylic oxidation sites excluding steroid dienone is 1. The van der Waals surface area contributed by atoms with Gasteiger partial charge in [-0.05, 0) is 49.8 Å². The number of hydrogen-bond acceptors (Lipinski definition) is 2. The van der Waals surface area contributed by atoms with Gasteiger partial charge >= 0.3 is 18.5 Å². The lowest BCUT2D eigenvalue weighted by Crippen LogP contribution is -2.47. The van der Waals surface area contributed by atoms with Crippen molar-refractivity contribution >= 4 is 40.8 Å². The van der Waals surface area contributed by atoms with Crippen LogP contribution in [0.2, 0.25) is 10.0 Å². The molecule has 2 aromatic carbocycles. The number of alkyl halides is 9. The molecule has 2 amide bonds. The van der Waals surface area contributed by atoms with Crippen LogP contribution in [0.5, 0.6) is 0 Å². The van der Waals surface area contributed by atoms with E-state index in [1.165, 1.54) is 12.2 Å². The van der Waals surface area contributed by atoms with E-state index in [9.17, 15) is 49.1 Å². The van der Waals surface area contributed by atoms with E-state index in [2.05, 4.69) is 11.8 Å². The minimum Gasteiger partial charge on any atom is -0.345 e. The highest BCUT2D eigenvalue weighted by molar-refractivity contribution is 6.42. The first-order chi connectivity index (χ1) is 19.2. The standard InChI is InChI=1S/C26H18Cl2F10N2O2/c1-3-4-14-7-15(9-19(27)21(14)28)17(25(33,34)35)10-20(29)13-5-6-16(18(8-13)26(36,37)38)23(42)40-12(2)22(41)39-11-24(30,31)32/h5-10,12,17H,11H2,1-2H3,(H,39,41)(H,40,42)/b20-10-. The van der Waals surface area contributed by atoms with Crippen molar-refractivity contribution in [1.29, 1.82) is 0 Å². The fourth-order valence-corrected chi connectivity index (χ4v) is 3.83. The number of carbonyl (C=O) groups excluding carboxylic acids is 2. The van der Waals surface area contributed by atoms with Gasteiger partial charge in [0.15, 0.2) is 0 Å². The van der Waals surface area contributed by atoms with Gasteiger partial charge in [-0.25, -0.2) is 4.39 Å². The predicted octanol–water partition coefficient (Wildman–Crippen LogP) is 7.84. The lowest BCUT2D eigenvalue weighted by molar-refractivity contribution is -0.140. The molecule has 0 aliphatic rings. The van der Waals surface area contributed by atoms with Crippen molar-refractivity contribution in [3.05, 3.63) is 74.3 Å². The van der Waals surface area contributed by atoms with Gasteiger partial charge in [0.2, 0.25) is 5.91 Å². The summed E-state index contributed by atoms with van der Waals surface area (Å²) in [5, 5.41) is 2.71. The molecular weight excluding hydrogens is 633 g/mol. The molecule has 0 aliphatic carbocycles. The Hall–Kier alpha value is -3.44. The Morgan fingerprint density at radius 1 is 1.00 bits per heavy atom. The summed E-state index contributed by atoms with van der Waals surface area (Å²) in [5.74, 6) is -2.54. The van der Waals surface area contributed by atoms with E-state index in [4.69, 9.17) is 23.2 Å². The maximum atomic E-state index is 15.1. The molecule has 4 nitrogen and oxygen atoms in total. The molecule has 2 atom stereocenters. The molecule has 2 N–H and O–H groups in total. The van der Waals surface area contributed by atoms with Crippen molar-refractivity contribution in [3.8, 4) is 11.8 Å². The number of carbonyl (C=O) groups is 2. The first-order valence-corrected chi connectivity index (χ1v) is 12.1. The van der Waals surface area contributed by atoms with Gasteiger partial charge in [0, 0.05) is 11.1 Å².